The molecule has 116 valence electrons. The Balaban J connectivity index is 0.000000188. The van der Waals surface area contributed by atoms with E-state index in [0.29, 0.717) is 5.02 Å². The van der Waals surface area contributed by atoms with Crippen molar-refractivity contribution in [1.29, 1.82) is 0 Å². The molecule has 0 radical (unpaired) electrons. The summed E-state index contributed by atoms with van der Waals surface area (Å²) >= 11 is 16.0. The Labute approximate surface area is 160 Å². The van der Waals surface area contributed by atoms with Gasteiger partial charge in [0, 0.05) is 5.02 Å². The third kappa shape index (κ3) is 6.64. The van der Waals surface area contributed by atoms with E-state index in [1.54, 1.807) is 0 Å². The number of aromatic hydroxyl groups is 1. The molecule has 0 fully saturated rings. The van der Waals surface area contributed by atoms with Crippen molar-refractivity contribution >= 4 is 64.2 Å². The van der Waals surface area contributed by atoms with E-state index in [1.807, 2.05) is 0 Å². The van der Waals surface area contributed by atoms with E-state index in [9.17, 15) is 0 Å². The van der Waals surface area contributed by atoms with Gasteiger partial charge >= 0.3 is 35.6 Å². The summed E-state index contributed by atoms with van der Waals surface area (Å²) in [6.07, 6.45) is 0. The van der Waals surface area contributed by atoms with Crippen LogP contribution < -0.4 is 0 Å². The molecular formula is C15H10Cl5OTi-. The number of hydrogen-bond acceptors (Lipinski definition) is 1. The van der Waals surface area contributed by atoms with Crippen molar-refractivity contribution in [1.82, 2.24) is 0 Å². The summed E-state index contributed by atoms with van der Waals surface area (Å²) in [7, 11) is 9.78. The first-order chi connectivity index (χ1) is 10.5. The predicted molar refractivity (Wildman–Crippen MR) is 94.4 cm³/mol. The summed E-state index contributed by atoms with van der Waals surface area (Å²) in [6.45, 7) is 0. The summed E-state index contributed by atoms with van der Waals surface area (Å²) in [5, 5.41) is 12.4. The minimum atomic E-state index is -0.556. The Morgan fingerprint density at radius 3 is 2.00 bits per heavy atom. The molecule has 1 N–H and O–H groups in total. The number of benzene rings is 2. The van der Waals surface area contributed by atoms with Crippen LogP contribution in [-0.4, -0.2) is 5.11 Å². The average molecular weight is 431 g/mol. The maximum atomic E-state index is 9.01. The molecule has 0 aliphatic carbocycles. The monoisotopic (exact) mass is 429 g/mol. The smallest absolute Gasteiger partial charge is 0.0809 e. The molecule has 22 heavy (non-hydrogen) atoms. The summed E-state index contributed by atoms with van der Waals surface area (Å²) < 4.78 is 0. The van der Waals surface area contributed by atoms with Crippen LogP contribution in [0.25, 0.3) is 10.8 Å². The standard InChI is InChI=1S/C9H7.C6H3Cl3O.2ClH.Ti/c1-2-5-9-7-3-6-8(9)4-1;7-3-1-4(8)6(10)5(9)2-3;;;/h1-7H;1-2,10H;2*1H;/q-1;;;;+2/p-2. The Kier molecular flexibility index (Phi) is 9.78. The molecule has 0 aliphatic heterocycles. The van der Waals surface area contributed by atoms with E-state index in [2.05, 4.69) is 42.5 Å². The molecule has 0 saturated carbocycles. The van der Waals surface area contributed by atoms with E-state index in [1.165, 1.54) is 22.9 Å². The van der Waals surface area contributed by atoms with Crippen LogP contribution >= 0.6 is 53.4 Å². The van der Waals surface area contributed by atoms with Gasteiger partial charge in [0.1, 0.15) is 0 Å². The largest absolute Gasteiger partial charge is 0.168 e. The maximum absolute atomic E-state index is 9.01. The van der Waals surface area contributed by atoms with Crippen LogP contribution in [0.3, 0.4) is 0 Å². The van der Waals surface area contributed by atoms with Crippen LogP contribution in [0, 0.1) is 0 Å². The maximum Gasteiger partial charge on any atom is -0.0809 e. The normalized spacial score (nSPS) is 9.32. The second-order valence-corrected chi connectivity index (χ2v) is 7.77. The second-order valence-electron chi connectivity index (χ2n) is 3.94. The van der Waals surface area contributed by atoms with Gasteiger partial charge in [0.2, 0.25) is 0 Å². The van der Waals surface area contributed by atoms with Gasteiger partial charge < -0.3 is 5.11 Å². The number of halogens is 5. The van der Waals surface area contributed by atoms with Gasteiger partial charge in [0.25, 0.3) is 0 Å². The van der Waals surface area contributed by atoms with Crippen molar-refractivity contribution in [2.75, 3.05) is 0 Å². The summed E-state index contributed by atoms with van der Waals surface area (Å²) in [4.78, 5) is 0. The SMILES string of the molecule is Oc1c(Cl)cc(Cl)cc1Cl.[Cl][Ti][Cl].c1ccc2[cH-]ccc2c1. The summed E-state index contributed by atoms with van der Waals surface area (Å²) in [5.41, 5.74) is 0. The first kappa shape index (κ1) is 20.1. The quantitative estimate of drug-likeness (QED) is 0.293. The molecule has 0 aliphatic rings. The van der Waals surface area contributed by atoms with Crippen molar-refractivity contribution in [2.24, 2.45) is 0 Å². The topological polar surface area (TPSA) is 20.2 Å². The van der Waals surface area contributed by atoms with Crippen molar-refractivity contribution < 1.29 is 22.1 Å². The van der Waals surface area contributed by atoms with Crippen molar-refractivity contribution in [3.63, 3.8) is 0 Å². The molecule has 0 bridgehead atoms. The molecule has 3 aromatic carbocycles. The first-order valence-corrected chi connectivity index (χ1v) is 11.3. The van der Waals surface area contributed by atoms with Crippen LogP contribution in [-0.2, 0) is 17.0 Å². The van der Waals surface area contributed by atoms with E-state index >= 15 is 0 Å². The molecule has 0 amide bonds. The molecule has 0 atom stereocenters. The van der Waals surface area contributed by atoms with Gasteiger partial charge in [-0.1, -0.05) is 40.9 Å². The van der Waals surface area contributed by atoms with Gasteiger partial charge in [0.05, 0.1) is 10.0 Å². The van der Waals surface area contributed by atoms with E-state index in [4.69, 9.17) is 58.5 Å². The molecule has 0 aromatic heterocycles. The number of hydrogen-bond donors (Lipinski definition) is 1. The summed E-state index contributed by atoms with van der Waals surface area (Å²) in [6, 6.07) is 17.5. The predicted octanol–water partition coefficient (Wildman–Crippen LogP) is 7.29. The van der Waals surface area contributed by atoms with Crippen LogP contribution in [0.4, 0.5) is 0 Å². The van der Waals surface area contributed by atoms with E-state index in [0.717, 1.165) is 0 Å². The molecule has 0 saturated heterocycles. The molecule has 3 aromatic rings. The zero-order chi connectivity index (χ0) is 16.5. The fraction of sp³-hybridized carbons (Fsp3) is 0. The van der Waals surface area contributed by atoms with Crippen LogP contribution in [0.15, 0.2) is 54.6 Å². The van der Waals surface area contributed by atoms with Gasteiger partial charge in [-0.3, -0.25) is 0 Å². The zero-order valence-corrected chi connectivity index (χ0v) is 16.4. The number of rotatable bonds is 0. The van der Waals surface area contributed by atoms with Gasteiger partial charge in [-0.25, -0.2) is 0 Å². The molecule has 0 unspecified atom stereocenters. The van der Waals surface area contributed by atoms with Crippen molar-refractivity contribution in [3.05, 3.63) is 69.7 Å². The van der Waals surface area contributed by atoms with E-state index < -0.39 is 17.0 Å². The fourth-order valence-corrected chi connectivity index (χ4v) is 2.42. The van der Waals surface area contributed by atoms with Crippen LogP contribution in [0.1, 0.15) is 0 Å². The van der Waals surface area contributed by atoms with Gasteiger partial charge in [-0.2, -0.15) is 17.5 Å². The third-order valence-electron chi connectivity index (χ3n) is 2.53. The summed E-state index contributed by atoms with van der Waals surface area (Å²) in [5.74, 6) is -0.132. The third-order valence-corrected chi connectivity index (χ3v) is 3.32. The Hall–Kier alpha value is 0.0143. The Bertz CT molecular complexity index is 661. The van der Waals surface area contributed by atoms with Crippen LogP contribution in [0.5, 0.6) is 5.75 Å². The number of phenols is 1. The average Bonchev–Trinajstić information content (AvgIpc) is 2.94. The zero-order valence-electron chi connectivity index (χ0n) is 11.0. The van der Waals surface area contributed by atoms with Gasteiger partial charge in [-0.05, 0) is 12.1 Å². The van der Waals surface area contributed by atoms with Crippen molar-refractivity contribution in [3.8, 4) is 5.75 Å². The minimum Gasteiger partial charge on any atom is -0.168 e. The second kappa shape index (κ2) is 10.7. The molecule has 3 rings (SSSR count). The molecular weight excluding hydrogens is 421 g/mol. The minimum absolute atomic E-state index is 0.132. The van der Waals surface area contributed by atoms with Gasteiger partial charge in [0.15, 0.2) is 5.75 Å². The molecule has 1 nitrogen and oxygen atoms in total. The van der Waals surface area contributed by atoms with Crippen molar-refractivity contribution in [2.45, 2.75) is 0 Å². The van der Waals surface area contributed by atoms with Gasteiger partial charge in [-0.15, -0.1) is 29.7 Å². The fourth-order valence-electron chi connectivity index (χ4n) is 1.60. The first-order valence-electron chi connectivity index (χ1n) is 5.89. The molecule has 7 heteroatoms. The van der Waals surface area contributed by atoms with Crippen LogP contribution in [0.2, 0.25) is 15.1 Å². The number of fused-ring (bicyclic) bond motifs is 1. The molecule has 0 heterocycles. The Morgan fingerprint density at radius 2 is 1.45 bits per heavy atom. The Morgan fingerprint density at radius 1 is 0.909 bits per heavy atom. The number of phenolic OH excluding ortho intramolecular Hbond substituents is 1. The molecule has 0 spiro atoms. The van der Waals surface area contributed by atoms with E-state index in [-0.39, 0.29) is 15.8 Å².